The monoisotopic (exact) mass is 1190 g/mol. The van der Waals surface area contributed by atoms with Crippen molar-refractivity contribution >= 4 is 12.1 Å². The van der Waals surface area contributed by atoms with Crippen LogP contribution in [-0.4, -0.2) is 24.7 Å². The first kappa shape index (κ1) is 60.2. The predicted octanol–water partition coefficient (Wildman–Crippen LogP) is 16.7. The number of alkyl carbamates (subject to hydrolysis) is 1. The largest absolute Gasteiger partial charge is 0.485 e. The van der Waals surface area contributed by atoms with Gasteiger partial charge in [0.15, 0.2) is 29.1 Å². The first-order valence-electron chi connectivity index (χ1n) is 30.2. The molecule has 2 unspecified atom stereocenters. The third-order valence-corrected chi connectivity index (χ3v) is 15.0. The number of hydrogen-bond acceptors (Lipinski definition) is 11. The zero-order valence-corrected chi connectivity index (χ0v) is 49.6. The number of esters is 1. The smallest absolute Gasteiger partial charge is 0.407 e. The Kier molecular flexibility index (Phi) is 21.2. The zero-order chi connectivity index (χ0) is 60.7. The number of fused-ring (bicyclic) bond motifs is 1. The first-order chi connectivity index (χ1) is 43.9. The maximum absolute atomic E-state index is 15.4. The van der Waals surface area contributed by atoms with Crippen LogP contribution in [0, 0.1) is 0 Å². The molecule has 0 saturated heterocycles. The Morgan fingerprint density at radius 1 is 0.393 bits per heavy atom. The van der Waals surface area contributed by atoms with Crippen LogP contribution in [0.25, 0.3) is 0 Å². The first-order valence-corrected chi connectivity index (χ1v) is 30.2. The van der Waals surface area contributed by atoms with E-state index in [9.17, 15) is 4.79 Å². The molecule has 89 heavy (non-hydrogen) atoms. The van der Waals surface area contributed by atoms with Crippen molar-refractivity contribution in [2.24, 2.45) is 0 Å². The standard InChI is InChI=1S/C77H71NO11/c79-76(66-47-70(83-51-59-30-13-3-14-31-59)75(86-54-62-36-19-6-20-37-62)71(48-66)84-52-60-32-15-4-16-33-60)89-72-44-64-43-56(25-23-8-24-42-78-77(80)87-55-63-38-21-7-22-39-63)40-41-67(64)88-73(72)65-45-68(81-49-57-26-9-1-10-27-57)74(85-53-61-34-17-5-18-35-61)69(46-65)82-50-58-28-11-2-12-29-58/h1-7,9-22,26-41,43,45-48,72-73H,8,23-25,42,44,49-55H2,(H,78,80). The molecule has 0 spiro atoms. The van der Waals surface area contributed by atoms with Crippen molar-refractivity contribution in [3.8, 4) is 40.2 Å². The summed E-state index contributed by atoms with van der Waals surface area (Å²) in [6, 6.07) is 82.3. The van der Waals surface area contributed by atoms with Gasteiger partial charge in [-0.3, -0.25) is 0 Å². The predicted molar refractivity (Wildman–Crippen MR) is 342 cm³/mol. The number of amides is 1. The van der Waals surface area contributed by atoms with E-state index >= 15 is 4.79 Å². The summed E-state index contributed by atoms with van der Waals surface area (Å²) in [5.74, 6) is 2.23. The number of carbonyl (C=O) groups excluding carboxylic acids is 2. The highest BCUT2D eigenvalue weighted by molar-refractivity contribution is 5.91. The molecular weight excluding hydrogens is 1110 g/mol. The lowest BCUT2D eigenvalue weighted by atomic mass is 9.92. The molecule has 2 atom stereocenters. The lowest BCUT2D eigenvalue weighted by Crippen LogP contribution is -2.35. The molecule has 1 aliphatic rings. The van der Waals surface area contributed by atoms with Crippen LogP contribution in [-0.2, 0) is 68.6 Å². The van der Waals surface area contributed by atoms with Crippen molar-refractivity contribution in [3.63, 3.8) is 0 Å². The molecule has 1 amide bonds. The van der Waals surface area contributed by atoms with Crippen molar-refractivity contribution in [1.29, 1.82) is 0 Å². The molecule has 10 aromatic carbocycles. The van der Waals surface area contributed by atoms with Crippen LogP contribution >= 0.6 is 0 Å². The molecule has 10 aromatic rings. The number of carbonyl (C=O) groups is 2. The molecule has 0 bridgehead atoms. The second-order valence-electron chi connectivity index (χ2n) is 21.7. The second kappa shape index (κ2) is 31.3. The van der Waals surface area contributed by atoms with Crippen molar-refractivity contribution in [2.45, 2.75) is 90.6 Å². The molecular formula is C77H71NO11. The summed E-state index contributed by atoms with van der Waals surface area (Å²) in [6.07, 6.45) is 1.43. The quantitative estimate of drug-likeness (QED) is 0.0355. The van der Waals surface area contributed by atoms with Crippen molar-refractivity contribution in [3.05, 3.63) is 316 Å². The number of hydrogen-bond donors (Lipinski definition) is 1. The molecule has 12 nitrogen and oxygen atoms in total. The van der Waals surface area contributed by atoms with E-state index in [0.717, 1.165) is 75.8 Å². The van der Waals surface area contributed by atoms with Crippen molar-refractivity contribution < 1.29 is 52.2 Å². The van der Waals surface area contributed by atoms with Crippen LogP contribution in [0.15, 0.2) is 255 Å². The Morgan fingerprint density at radius 3 is 1.19 bits per heavy atom. The van der Waals surface area contributed by atoms with Crippen LogP contribution < -0.4 is 38.5 Å². The van der Waals surface area contributed by atoms with Crippen LogP contribution in [0.4, 0.5) is 4.79 Å². The van der Waals surface area contributed by atoms with Gasteiger partial charge in [0.1, 0.15) is 58.1 Å². The Balaban J connectivity index is 0.927. The summed E-state index contributed by atoms with van der Waals surface area (Å²) >= 11 is 0. The Morgan fingerprint density at radius 2 is 0.775 bits per heavy atom. The summed E-state index contributed by atoms with van der Waals surface area (Å²) in [4.78, 5) is 27.8. The molecule has 1 heterocycles. The van der Waals surface area contributed by atoms with Gasteiger partial charge in [-0.05, 0) is 99.7 Å². The van der Waals surface area contributed by atoms with Gasteiger partial charge in [-0.25, -0.2) is 9.59 Å². The lowest BCUT2D eigenvalue weighted by molar-refractivity contribution is -0.0184. The molecule has 11 rings (SSSR count). The van der Waals surface area contributed by atoms with Gasteiger partial charge >= 0.3 is 12.1 Å². The fourth-order valence-corrected chi connectivity index (χ4v) is 10.4. The molecule has 1 aliphatic heterocycles. The van der Waals surface area contributed by atoms with E-state index in [0.29, 0.717) is 58.8 Å². The summed E-state index contributed by atoms with van der Waals surface area (Å²) in [7, 11) is 0. The van der Waals surface area contributed by atoms with Crippen LogP contribution in [0.5, 0.6) is 40.2 Å². The fraction of sp³-hybridized carbons (Fsp3) is 0.195. The van der Waals surface area contributed by atoms with Gasteiger partial charge in [-0.2, -0.15) is 0 Å². The summed E-state index contributed by atoms with van der Waals surface area (Å²) < 4.78 is 59.5. The van der Waals surface area contributed by atoms with E-state index in [1.165, 1.54) is 0 Å². The summed E-state index contributed by atoms with van der Waals surface area (Å²) in [5, 5.41) is 2.88. The normalized spacial score (nSPS) is 13.2. The third kappa shape index (κ3) is 17.6. The number of ether oxygens (including phenoxy) is 9. The lowest BCUT2D eigenvalue weighted by Gasteiger charge is -2.34. The second-order valence-corrected chi connectivity index (χ2v) is 21.7. The molecule has 1 N–H and O–H groups in total. The maximum atomic E-state index is 15.4. The summed E-state index contributed by atoms with van der Waals surface area (Å²) in [6.45, 7) is 2.00. The molecule has 0 aliphatic carbocycles. The molecule has 12 heteroatoms. The fourth-order valence-electron chi connectivity index (χ4n) is 10.4. The van der Waals surface area contributed by atoms with E-state index in [1.54, 1.807) is 12.1 Å². The number of unbranched alkanes of at least 4 members (excludes halogenated alkanes) is 2. The minimum Gasteiger partial charge on any atom is -0.485 e. The van der Waals surface area contributed by atoms with E-state index in [-0.39, 0.29) is 51.8 Å². The topological polar surface area (TPSA) is 129 Å². The number of nitrogens with one attached hydrogen (secondary N) is 1. The van der Waals surface area contributed by atoms with E-state index in [4.69, 9.17) is 42.6 Å². The van der Waals surface area contributed by atoms with Gasteiger partial charge in [0.2, 0.25) is 11.5 Å². The number of rotatable bonds is 29. The van der Waals surface area contributed by atoms with Gasteiger partial charge in [-0.15, -0.1) is 0 Å². The Labute approximate surface area is 520 Å². The van der Waals surface area contributed by atoms with E-state index < -0.39 is 24.3 Å². The van der Waals surface area contributed by atoms with Crippen molar-refractivity contribution in [1.82, 2.24) is 5.32 Å². The minimum atomic E-state index is -0.894. The van der Waals surface area contributed by atoms with Gasteiger partial charge in [-0.1, -0.05) is 231 Å². The highest BCUT2D eigenvalue weighted by Crippen LogP contribution is 2.47. The van der Waals surface area contributed by atoms with Gasteiger partial charge in [0.05, 0.1) is 5.56 Å². The van der Waals surface area contributed by atoms with Crippen LogP contribution in [0.2, 0.25) is 0 Å². The molecule has 0 radical (unpaired) electrons. The number of benzene rings is 10. The molecule has 0 saturated carbocycles. The van der Waals surface area contributed by atoms with Crippen molar-refractivity contribution in [2.75, 3.05) is 6.54 Å². The van der Waals surface area contributed by atoms with Gasteiger partial charge < -0.3 is 47.9 Å². The molecule has 450 valence electrons. The molecule has 0 aromatic heterocycles. The van der Waals surface area contributed by atoms with Gasteiger partial charge in [0, 0.05) is 18.5 Å². The van der Waals surface area contributed by atoms with Gasteiger partial charge in [0.25, 0.3) is 0 Å². The maximum Gasteiger partial charge on any atom is 0.407 e. The highest BCUT2D eigenvalue weighted by atomic mass is 16.6. The summed E-state index contributed by atoms with van der Waals surface area (Å²) in [5.41, 5.74) is 9.39. The Bertz CT molecular complexity index is 3690. The molecule has 0 fully saturated rings. The third-order valence-electron chi connectivity index (χ3n) is 15.0. The van der Waals surface area contributed by atoms with Crippen LogP contribution in [0.3, 0.4) is 0 Å². The SMILES string of the molecule is O=C(NCCCCCc1ccc2c(c1)CC(OC(=O)c1cc(OCc3ccccc3)c(OCc3ccccc3)c(OCc3ccccc3)c1)C(c1cc(OCc3ccccc3)c(OCc3ccccc3)c(OCc3ccccc3)c1)O2)OCc1ccccc1. The van der Waals surface area contributed by atoms with E-state index in [1.807, 2.05) is 231 Å². The van der Waals surface area contributed by atoms with Crippen LogP contribution in [0.1, 0.15) is 91.4 Å². The zero-order valence-electron chi connectivity index (χ0n) is 49.6. The number of aryl methyl sites for hydroxylation is 1. The minimum absolute atomic E-state index is 0.184. The highest BCUT2D eigenvalue weighted by Gasteiger charge is 2.37. The average molecular weight is 1190 g/mol. The Hall–Kier alpha value is -10.5. The van der Waals surface area contributed by atoms with E-state index in [2.05, 4.69) is 17.4 Å². The average Bonchev–Trinajstić information content (AvgIpc) is 1.71.